The molecule has 4 heteroatoms. The molecule has 1 fully saturated rings. The first-order valence-electron chi connectivity index (χ1n) is 6.94. The molecule has 0 saturated heterocycles. The molecule has 2 rings (SSSR count). The highest BCUT2D eigenvalue weighted by Gasteiger charge is 2.16. The Morgan fingerprint density at radius 1 is 1.37 bits per heavy atom. The quantitative estimate of drug-likeness (QED) is 0.870. The lowest BCUT2D eigenvalue weighted by Gasteiger charge is -2.17. The number of carbonyl (C=O) groups is 1. The summed E-state index contributed by atoms with van der Waals surface area (Å²) in [6.07, 6.45) is 4.92. The van der Waals surface area contributed by atoms with Crippen molar-refractivity contribution in [3.63, 3.8) is 0 Å². The Hall–Kier alpha value is -1.06. The van der Waals surface area contributed by atoms with Crippen molar-refractivity contribution in [3.05, 3.63) is 34.9 Å². The molecule has 0 aliphatic heterocycles. The SMILES string of the molecule is CC(NC(=O)CNC1CCCC1)c1ccccc1Cl. The summed E-state index contributed by atoms with van der Waals surface area (Å²) < 4.78 is 0. The van der Waals surface area contributed by atoms with Gasteiger partial charge in [0.2, 0.25) is 5.91 Å². The Morgan fingerprint density at radius 3 is 2.74 bits per heavy atom. The highest BCUT2D eigenvalue weighted by molar-refractivity contribution is 6.31. The van der Waals surface area contributed by atoms with Gasteiger partial charge in [0, 0.05) is 11.1 Å². The van der Waals surface area contributed by atoms with E-state index in [1.54, 1.807) is 0 Å². The van der Waals surface area contributed by atoms with Crippen LogP contribution in [0.25, 0.3) is 0 Å². The summed E-state index contributed by atoms with van der Waals surface area (Å²) >= 11 is 6.12. The Balaban J connectivity index is 1.79. The van der Waals surface area contributed by atoms with Crippen molar-refractivity contribution in [1.29, 1.82) is 0 Å². The molecule has 104 valence electrons. The van der Waals surface area contributed by atoms with E-state index in [0.29, 0.717) is 17.6 Å². The lowest BCUT2D eigenvalue weighted by molar-refractivity contribution is -0.121. The van der Waals surface area contributed by atoms with Crippen molar-refractivity contribution in [2.24, 2.45) is 0 Å². The fraction of sp³-hybridized carbons (Fsp3) is 0.533. The second kappa shape index (κ2) is 6.92. The Morgan fingerprint density at radius 2 is 2.05 bits per heavy atom. The van der Waals surface area contributed by atoms with E-state index >= 15 is 0 Å². The van der Waals surface area contributed by atoms with Crippen LogP contribution < -0.4 is 10.6 Å². The summed E-state index contributed by atoms with van der Waals surface area (Å²) in [5, 5.41) is 6.98. The second-order valence-electron chi connectivity index (χ2n) is 5.17. The zero-order valence-corrected chi connectivity index (χ0v) is 12.0. The number of halogens is 1. The highest BCUT2D eigenvalue weighted by atomic mass is 35.5. The number of benzene rings is 1. The van der Waals surface area contributed by atoms with Gasteiger partial charge in [0.25, 0.3) is 0 Å². The number of hydrogen-bond acceptors (Lipinski definition) is 2. The van der Waals surface area contributed by atoms with Crippen LogP contribution in [0.1, 0.15) is 44.2 Å². The molecule has 3 nitrogen and oxygen atoms in total. The second-order valence-corrected chi connectivity index (χ2v) is 5.58. The minimum atomic E-state index is -0.0634. The van der Waals surface area contributed by atoms with Crippen molar-refractivity contribution < 1.29 is 4.79 Å². The summed E-state index contributed by atoms with van der Waals surface area (Å²) in [4.78, 5) is 11.9. The molecule has 2 N–H and O–H groups in total. The van der Waals surface area contributed by atoms with E-state index in [1.807, 2.05) is 31.2 Å². The zero-order valence-electron chi connectivity index (χ0n) is 11.3. The molecular formula is C15H21ClN2O. The molecule has 0 heterocycles. The smallest absolute Gasteiger partial charge is 0.234 e. The normalized spacial score (nSPS) is 17.4. The number of rotatable bonds is 5. The van der Waals surface area contributed by atoms with E-state index in [0.717, 1.165) is 5.56 Å². The number of amides is 1. The first-order valence-corrected chi connectivity index (χ1v) is 7.32. The standard InChI is InChI=1S/C15H21ClN2O/c1-11(13-8-4-5-9-14(13)16)18-15(19)10-17-12-6-2-3-7-12/h4-5,8-9,11-12,17H,2-3,6-7,10H2,1H3,(H,18,19). The molecule has 0 spiro atoms. The van der Waals surface area contributed by atoms with Crippen LogP contribution in [0, 0.1) is 0 Å². The van der Waals surface area contributed by atoms with Crippen LogP contribution in [0.3, 0.4) is 0 Å². The van der Waals surface area contributed by atoms with Crippen molar-refractivity contribution in [1.82, 2.24) is 10.6 Å². The molecule has 0 aromatic heterocycles. The topological polar surface area (TPSA) is 41.1 Å². The van der Waals surface area contributed by atoms with Crippen molar-refractivity contribution >= 4 is 17.5 Å². The van der Waals surface area contributed by atoms with Gasteiger partial charge in [0.05, 0.1) is 12.6 Å². The van der Waals surface area contributed by atoms with E-state index in [1.165, 1.54) is 25.7 Å². The predicted octanol–water partition coefficient (Wildman–Crippen LogP) is 3.05. The first kappa shape index (κ1) is 14.4. The van der Waals surface area contributed by atoms with Crippen LogP contribution in [0.2, 0.25) is 5.02 Å². The highest BCUT2D eigenvalue weighted by Crippen LogP contribution is 2.22. The van der Waals surface area contributed by atoms with Gasteiger partial charge in [0.1, 0.15) is 0 Å². The van der Waals surface area contributed by atoms with Crippen molar-refractivity contribution in [2.75, 3.05) is 6.54 Å². The molecular weight excluding hydrogens is 260 g/mol. The van der Waals surface area contributed by atoms with Crippen LogP contribution in [0.5, 0.6) is 0 Å². The third kappa shape index (κ3) is 4.22. The molecule has 19 heavy (non-hydrogen) atoms. The summed E-state index contributed by atoms with van der Waals surface area (Å²) in [5.74, 6) is 0.0271. The Bertz CT molecular complexity index is 430. The van der Waals surface area contributed by atoms with E-state index in [2.05, 4.69) is 10.6 Å². The lowest BCUT2D eigenvalue weighted by Crippen LogP contribution is -2.39. The molecule has 1 atom stereocenters. The summed E-state index contributed by atoms with van der Waals surface area (Å²) in [6.45, 7) is 2.34. The van der Waals surface area contributed by atoms with Crippen LogP contribution in [0.15, 0.2) is 24.3 Å². The van der Waals surface area contributed by atoms with E-state index in [9.17, 15) is 4.79 Å². The predicted molar refractivity (Wildman–Crippen MR) is 78.3 cm³/mol. The average Bonchev–Trinajstić information content (AvgIpc) is 2.90. The molecule has 1 aliphatic rings. The molecule has 1 saturated carbocycles. The fourth-order valence-corrected chi connectivity index (χ4v) is 2.86. The Kier molecular flexibility index (Phi) is 5.23. The molecule has 0 bridgehead atoms. The van der Waals surface area contributed by atoms with Gasteiger partial charge < -0.3 is 10.6 Å². The van der Waals surface area contributed by atoms with Crippen LogP contribution in [0.4, 0.5) is 0 Å². The first-order chi connectivity index (χ1) is 9.16. The molecule has 1 aromatic carbocycles. The molecule has 0 radical (unpaired) electrons. The lowest BCUT2D eigenvalue weighted by atomic mass is 10.1. The summed E-state index contributed by atoms with van der Waals surface area (Å²) in [5.41, 5.74) is 0.957. The number of nitrogens with one attached hydrogen (secondary N) is 2. The van der Waals surface area contributed by atoms with Crippen LogP contribution >= 0.6 is 11.6 Å². The number of carbonyl (C=O) groups excluding carboxylic acids is 1. The molecule has 1 aromatic rings. The van der Waals surface area contributed by atoms with Gasteiger partial charge in [-0.1, -0.05) is 42.6 Å². The average molecular weight is 281 g/mol. The zero-order chi connectivity index (χ0) is 13.7. The van der Waals surface area contributed by atoms with Gasteiger partial charge >= 0.3 is 0 Å². The van der Waals surface area contributed by atoms with Gasteiger partial charge in [-0.25, -0.2) is 0 Å². The maximum Gasteiger partial charge on any atom is 0.234 e. The monoisotopic (exact) mass is 280 g/mol. The van der Waals surface area contributed by atoms with E-state index in [-0.39, 0.29) is 11.9 Å². The van der Waals surface area contributed by atoms with Crippen molar-refractivity contribution in [3.8, 4) is 0 Å². The van der Waals surface area contributed by atoms with Gasteiger partial charge in [-0.15, -0.1) is 0 Å². The van der Waals surface area contributed by atoms with E-state index in [4.69, 9.17) is 11.6 Å². The number of hydrogen-bond donors (Lipinski definition) is 2. The third-order valence-corrected chi connectivity index (χ3v) is 4.00. The van der Waals surface area contributed by atoms with Gasteiger partial charge in [-0.2, -0.15) is 0 Å². The Labute approximate surface area is 119 Å². The molecule has 1 amide bonds. The van der Waals surface area contributed by atoms with Gasteiger partial charge in [-0.3, -0.25) is 4.79 Å². The molecule has 1 aliphatic carbocycles. The minimum absolute atomic E-state index is 0.0271. The van der Waals surface area contributed by atoms with Crippen molar-refractivity contribution in [2.45, 2.75) is 44.7 Å². The fourth-order valence-electron chi connectivity index (χ4n) is 2.56. The van der Waals surface area contributed by atoms with Crippen LogP contribution in [-0.2, 0) is 4.79 Å². The summed E-state index contributed by atoms with van der Waals surface area (Å²) in [6, 6.07) is 8.06. The molecule has 1 unspecified atom stereocenters. The van der Waals surface area contributed by atoms with E-state index < -0.39 is 0 Å². The maximum absolute atomic E-state index is 11.9. The van der Waals surface area contributed by atoms with Crippen LogP contribution in [-0.4, -0.2) is 18.5 Å². The maximum atomic E-state index is 11.9. The largest absolute Gasteiger partial charge is 0.348 e. The van der Waals surface area contributed by atoms with Gasteiger partial charge in [-0.05, 0) is 31.4 Å². The summed E-state index contributed by atoms with van der Waals surface area (Å²) in [7, 11) is 0. The van der Waals surface area contributed by atoms with Gasteiger partial charge in [0.15, 0.2) is 0 Å². The third-order valence-electron chi connectivity index (χ3n) is 3.66. The minimum Gasteiger partial charge on any atom is -0.348 e.